The minimum absolute atomic E-state index is 0.0412. The van der Waals surface area contributed by atoms with Crippen LogP contribution < -0.4 is 21.5 Å². The maximum Gasteiger partial charge on any atom is 0.314 e. The highest BCUT2D eigenvalue weighted by atomic mass is 16.5. The molecule has 132 valence electrons. The number of rotatable bonds is 6. The van der Waals surface area contributed by atoms with Crippen molar-refractivity contribution in [1.82, 2.24) is 26.4 Å². The Labute approximate surface area is 143 Å². The van der Waals surface area contributed by atoms with Gasteiger partial charge >= 0.3 is 6.03 Å². The van der Waals surface area contributed by atoms with Gasteiger partial charge in [-0.1, -0.05) is 30.3 Å². The molecule has 2 amide bonds. The molecule has 0 bridgehead atoms. The average molecular weight is 333 g/mol. The number of carbonyl (C=O) groups is 1. The predicted octanol–water partition coefficient (Wildman–Crippen LogP) is 0.0531. The zero-order valence-corrected chi connectivity index (χ0v) is 14.0. The molecule has 1 aromatic rings. The van der Waals surface area contributed by atoms with Crippen LogP contribution in [0.3, 0.4) is 0 Å². The third kappa shape index (κ3) is 5.45. The highest BCUT2D eigenvalue weighted by molar-refractivity contribution is 5.73. The van der Waals surface area contributed by atoms with Crippen LogP contribution in [-0.2, 0) is 11.3 Å². The van der Waals surface area contributed by atoms with Gasteiger partial charge in [0.25, 0.3) is 0 Å². The van der Waals surface area contributed by atoms with Crippen molar-refractivity contribution >= 4 is 6.03 Å². The van der Waals surface area contributed by atoms with E-state index in [9.17, 15) is 4.79 Å². The second kappa shape index (κ2) is 8.98. The minimum Gasteiger partial charge on any atom is -0.374 e. The molecule has 2 saturated heterocycles. The van der Waals surface area contributed by atoms with Crippen molar-refractivity contribution in [2.45, 2.75) is 25.1 Å². The summed E-state index contributed by atoms with van der Waals surface area (Å²) in [6.45, 7) is 5.51. The van der Waals surface area contributed by atoms with E-state index in [0.29, 0.717) is 25.7 Å². The van der Waals surface area contributed by atoms with E-state index in [1.54, 1.807) is 0 Å². The van der Waals surface area contributed by atoms with E-state index in [4.69, 9.17) is 4.74 Å². The molecule has 1 aromatic carbocycles. The number of hydrazine groups is 1. The number of nitrogens with zero attached hydrogens (tertiary/aromatic N) is 1. The Morgan fingerprint density at radius 3 is 2.88 bits per heavy atom. The first-order valence-electron chi connectivity index (χ1n) is 8.67. The normalized spacial score (nSPS) is 24.7. The number of amides is 2. The fraction of sp³-hybridized carbons (Fsp3) is 0.588. The zero-order valence-electron chi connectivity index (χ0n) is 14.0. The lowest BCUT2D eigenvalue weighted by Gasteiger charge is -2.33. The van der Waals surface area contributed by atoms with Crippen LogP contribution in [0.5, 0.6) is 0 Å². The van der Waals surface area contributed by atoms with Gasteiger partial charge in [-0.25, -0.2) is 4.79 Å². The summed E-state index contributed by atoms with van der Waals surface area (Å²) < 4.78 is 5.77. The summed E-state index contributed by atoms with van der Waals surface area (Å²) in [5.74, 6) is 0. The van der Waals surface area contributed by atoms with Crippen molar-refractivity contribution in [3.05, 3.63) is 35.9 Å². The molecule has 0 saturated carbocycles. The Kier molecular flexibility index (Phi) is 6.42. The molecule has 2 heterocycles. The van der Waals surface area contributed by atoms with E-state index in [-0.39, 0.29) is 12.1 Å². The summed E-state index contributed by atoms with van der Waals surface area (Å²) in [5.41, 5.74) is 7.49. The van der Waals surface area contributed by atoms with Gasteiger partial charge in [0.2, 0.25) is 0 Å². The molecule has 2 aliphatic rings. The van der Waals surface area contributed by atoms with Gasteiger partial charge in [0.15, 0.2) is 0 Å². The van der Waals surface area contributed by atoms with Gasteiger partial charge < -0.3 is 15.4 Å². The standard InChI is InChI=1S/C17H27N5O2/c23-17(18-10-15-6-7-20-21-15)19-11-16-13-22(8-9-24-16)12-14-4-2-1-3-5-14/h1-5,15-16,20-21H,6-13H2,(H2,18,19,23). The predicted molar refractivity (Wildman–Crippen MR) is 92.4 cm³/mol. The van der Waals surface area contributed by atoms with Crippen molar-refractivity contribution < 1.29 is 9.53 Å². The number of hydrogen-bond acceptors (Lipinski definition) is 5. The highest BCUT2D eigenvalue weighted by Gasteiger charge is 2.21. The topological polar surface area (TPSA) is 77.7 Å². The summed E-state index contributed by atoms with van der Waals surface area (Å²) in [6, 6.07) is 10.6. The molecule has 3 rings (SSSR count). The first kappa shape index (κ1) is 17.2. The second-order valence-corrected chi connectivity index (χ2v) is 6.36. The molecular formula is C17H27N5O2. The first-order chi connectivity index (χ1) is 11.8. The van der Waals surface area contributed by atoms with Crippen LogP contribution >= 0.6 is 0 Å². The maximum absolute atomic E-state index is 11.9. The molecule has 24 heavy (non-hydrogen) atoms. The Morgan fingerprint density at radius 1 is 1.25 bits per heavy atom. The molecule has 2 fully saturated rings. The Balaban J connectivity index is 1.35. The van der Waals surface area contributed by atoms with Crippen LogP contribution in [0.2, 0.25) is 0 Å². The SMILES string of the molecule is O=C(NCC1CCNN1)NCC1CN(Cc2ccccc2)CCO1. The smallest absolute Gasteiger partial charge is 0.314 e. The molecule has 0 spiro atoms. The van der Waals surface area contributed by atoms with Crippen LogP contribution in [0.4, 0.5) is 4.79 Å². The largest absolute Gasteiger partial charge is 0.374 e. The molecule has 4 N–H and O–H groups in total. The van der Waals surface area contributed by atoms with Crippen molar-refractivity contribution in [3.8, 4) is 0 Å². The minimum atomic E-state index is -0.132. The number of nitrogens with one attached hydrogen (secondary N) is 4. The van der Waals surface area contributed by atoms with E-state index >= 15 is 0 Å². The third-order valence-corrected chi connectivity index (χ3v) is 4.40. The fourth-order valence-electron chi connectivity index (χ4n) is 3.06. The number of hydrogen-bond donors (Lipinski definition) is 4. The maximum atomic E-state index is 11.9. The van der Waals surface area contributed by atoms with Crippen LogP contribution in [0.15, 0.2) is 30.3 Å². The van der Waals surface area contributed by atoms with Crippen LogP contribution in [0, 0.1) is 0 Å². The molecule has 0 aromatic heterocycles. The van der Waals surface area contributed by atoms with Crippen molar-refractivity contribution in [2.75, 3.05) is 39.3 Å². The monoisotopic (exact) mass is 333 g/mol. The lowest BCUT2D eigenvalue weighted by Crippen LogP contribution is -2.50. The second-order valence-electron chi connectivity index (χ2n) is 6.36. The Morgan fingerprint density at radius 2 is 2.08 bits per heavy atom. The van der Waals surface area contributed by atoms with E-state index in [1.165, 1.54) is 5.56 Å². The number of carbonyl (C=O) groups excluding carboxylic acids is 1. The third-order valence-electron chi connectivity index (χ3n) is 4.40. The summed E-state index contributed by atoms with van der Waals surface area (Å²) in [4.78, 5) is 14.2. The molecular weight excluding hydrogens is 306 g/mol. The van der Waals surface area contributed by atoms with Gasteiger partial charge in [-0.05, 0) is 12.0 Å². The van der Waals surface area contributed by atoms with Crippen LogP contribution in [0.25, 0.3) is 0 Å². The molecule has 7 nitrogen and oxygen atoms in total. The van der Waals surface area contributed by atoms with Gasteiger partial charge in [-0.3, -0.25) is 15.8 Å². The van der Waals surface area contributed by atoms with Crippen molar-refractivity contribution in [1.29, 1.82) is 0 Å². The van der Waals surface area contributed by atoms with Gasteiger partial charge in [-0.15, -0.1) is 0 Å². The van der Waals surface area contributed by atoms with Crippen LogP contribution in [-0.4, -0.2) is 62.4 Å². The summed E-state index contributed by atoms with van der Waals surface area (Å²) in [5, 5.41) is 5.80. The van der Waals surface area contributed by atoms with Gasteiger partial charge in [-0.2, -0.15) is 0 Å². The number of morpholine rings is 1. The fourth-order valence-corrected chi connectivity index (χ4v) is 3.06. The lowest BCUT2D eigenvalue weighted by molar-refractivity contribution is -0.0287. The zero-order chi connectivity index (χ0) is 16.6. The lowest BCUT2D eigenvalue weighted by atomic mass is 10.2. The molecule has 2 aliphatic heterocycles. The van der Waals surface area contributed by atoms with E-state index in [1.807, 2.05) is 6.07 Å². The number of urea groups is 1. The summed E-state index contributed by atoms with van der Waals surface area (Å²) in [6.07, 6.45) is 1.07. The molecule has 0 aliphatic carbocycles. The van der Waals surface area contributed by atoms with Crippen molar-refractivity contribution in [3.63, 3.8) is 0 Å². The van der Waals surface area contributed by atoms with E-state index in [2.05, 4.69) is 50.7 Å². The van der Waals surface area contributed by atoms with Crippen molar-refractivity contribution in [2.24, 2.45) is 0 Å². The average Bonchev–Trinajstić information content (AvgIpc) is 3.13. The quantitative estimate of drug-likeness (QED) is 0.592. The van der Waals surface area contributed by atoms with Crippen LogP contribution in [0.1, 0.15) is 12.0 Å². The van der Waals surface area contributed by atoms with Gasteiger partial charge in [0.05, 0.1) is 12.7 Å². The summed E-state index contributed by atoms with van der Waals surface area (Å²) in [7, 11) is 0. The van der Waals surface area contributed by atoms with Gasteiger partial charge in [0.1, 0.15) is 0 Å². The number of ether oxygens (including phenoxy) is 1. The molecule has 2 unspecified atom stereocenters. The van der Waals surface area contributed by atoms with Gasteiger partial charge in [0, 0.05) is 45.3 Å². The molecule has 0 radical (unpaired) electrons. The Bertz CT molecular complexity index is 507. The van der Waals surface area contributed by atoms with E-state index < -0.39 is 0 Å². The molecule has 2 atom stereocenters. The highest BCUT2D eigenvalue weighted by Crippen LogP contribution is 2.10. The Hall–Kier alpha value is -1.67. The summed E-state index contributed by atoms with van der Waals surface area (Å²) >= 11 is 0. The van der Waals surface area contributed by atoms with E-state index in [0.717, 1.165) is 32.6 Å². The number of benzene rings is 1. The molecule has 7 heteroatoms. The first-order valence-corrected chi connectivity index (χ1v) is 8.67.